The minimum absolute atomic E-state index is 0. The highest BCUT2D eigenvalue weighted by molar-refractivity contribution is 5.69. The number of methoxy groups -OCH3 is 1. The Balaban J connectivity index is 0.00000361. The first-order valence-corrected chi connectivity index (χ1v) is 7.36. The second-order valence-corrected chi connectivity index (χ2v) is 4.95. The van der Waals surface area contributed by atoms with Gasteiger partial charge in [-0.25, -0.2) is 9.13 Å². The van der Waals surface area contributed by atoms with Crippen molar-refractivity contribution in [3.8, 4) is 0 Å². The second kappa shape index (κ2) is 11.1. The van der Waals surface area contributed by atoms with Crippen LogP contribution in [0.2, 0.25) is 0 Å². The molecule has 1 aromatic heterocycles. The van der Waals surface area contributed by atoms with Gasteiger partial charge in [0.2, 0.25) is 6.33 Å². The van der Waals surface area contributed by atoms with Crippen LogP contribution in [0.4, 0.5) is 0 Å². The van der Waals surface area contributed by atoms with Crippen molar-refractivity contribution in [2.24, 2.45) is 0 Å². The van der Waals surface area contributed by atoms with Crippen LogP contribution in [0.15, 0.2) is 12.5 Å². The van der Waals surface area contributed by atoms with Crippen molar-refractivity contribution in [2.45, 2.75) is 65.5 Å². The minimum Gasteiger partial charge on any atom is -1.00 e. The Bertz CT molecular complexity index is 391. The molecule has 116 valence electrons. The van der Waals surface area contributed by atoms with Crippen LogP contribution in [0.3, 0.4) is 0 Å². The molecule has 0 saturated carbocycles. The van der Waals surface area contributed by atoms with Gasteiger partial charge in [-0.05, 0) is 19.3 Å². The third-order valence-electron chi connectivity index (χ3n) is 3.27. The SMILES string of the molecule is CCCCC[n+]1cc(CCC(=O)OC)n(CCC)c1.[I-]. The van der Waals surface area contributed by atoms with Crippen molar-refractivity contribution in [1.29, 1.82) is 0 Å². The second-order valence-electron chi connectivity index (χ2n) is 4.95. The van der Waals surface area contributed by atoms with Gasteiger partial charge in [-0.1, -0.05) is 20.3 Å². The Hall–Kier alpha value is -0.590. The first-order valence-electron chi connectivity index (χ1n) is 7.36. The van der Waals surface area contributed by atoms with E-state index in [1.54, 1.807) is 0 Å². The molecular weight excluding hydrogens is 367 g/mol. The number of imidazole rings is 1. The number of ether oxygens (including phenoxy) is 1. The molecule has 0 aliphatic carbocycles. The molecule has 0 spiro atoms. The fraction of sp³-hybridized carbons (Fsp3) is 0.733. The van der Waals surface area contributed by atoms with E-state index < -0.39 is 0 Å². The highest BCUT2D eigenvalue weighted by Crippen LogP contribution is 2.05. The number of aryl methyl sites for hydroxylation is 3. The summed E-state index contributed by atoms with van der Waals surface area (Å²) in [6, 6.07) is 0. The van der Waals surface area contributed by atoms with E-state index >= 15 is 0 Å². The third kappa shape index (κ3) is 6.72. The Morgan fingerprint density at radius 1 is 1.30 bits per heavy atom. The topological polar surface area (TPSA) is 35.1 Å². The number of hydrogen-bond donors (Lipinski definition) is 0. The number of unbranched alkanes of at least 4 members (excludes halogenated alkanes) is 2. The summed E-state index contributed by atoms with van der Waals surface area (Å²) in [5.41, 5.74) is 1.23. The van der Waals surface area contributed by atoms with Crippen molar-refractivity contribution in [1.82, 2.24) is 4.57 Å². The first kappa shape index (κ1) is 19.4. The summed E-state index contributed by atoms with van der Waals surface area (Å²) >= 11 is 0. The Kier molecular flexibility index (Phi) is 10.8. The van der Waals surface area contributed by atoms with Gasteiger partial charge < -0.3 is 28.7 Å². The van der Waals surface area contributed by atoms with Gasteiger partial charge in [0, 0.05) is 6.42 Å². The normalized spacial score (nSPS) is 10.2. The quantitative estimate of drug-likeness (QED) is 0.245. The molecule has 4 nitrogen and oxygen atoms in total. The van der Waals surface area contributed by atoms with Crippen LogP contribution in [-0.4, -0.2) is 17.6 Å². The maximum atomic E-state index is 11.2. The number of halogens is 1. The smallest absolute Gasteiger partial charge is 0.305 e. The van der Waals surface area contributed by atoms with Gasteiger partial charge in [0.25, 0.3) is 0 Å². The number of hydrogen-bond acceptors (Lipinski definition) is 2. The van der Waals surface area contributed by atoms with Crippen molar-refractivity contribution >= 4 is 5.97 Å². The summed E-state index contributed by atoms with van der Waals surface area (Å²) in [4.78, 5) is 11.2. The highest BCUT2D eigenvalue weighted by Gasteiger charge is 2.14. The molecule has 0 fully saturated rings. The zero-order valence-electron chi connectivity index (χ0n) is 12.9. The van der Waals surface area contributed by atoms with Gasteiger partial charge in [-0.3, -0.25) is 4.79 Å². The Morgan fingerprint density at radius 3 is 2.65 bits per heavy atom. The van der Waals surface area contributed by atoms with Crippen molar-refractivity contribution in [3.05, 3.63) is 18.2 Å². The molecule has 0 radical (unpaired) electrons. The lowest BCUT2D eigenvalue weighted by molar-refractivity contribution is -0.697. The molecule has 1 heterocycles. The molecule has 20 heavy (non-hydrogen) atoms. The summed E-state index contributed by atoms with van der Waals surface area (Å²) in [6.45, 7) is 6.47. The van der Waals surface area contributed by atoms with Gasteiger partial charge in [-0.2, -0.15) is 0 Å². The van der Waals surface area contributed by atoms with Crippen LogP contribution in [0.5, 0.6) is 0 Å². The largest absolute Gasteiger partial charge is 1.00 e. The standard InChI is InChI=1S/C15H27N2O2.HI/c1-4-6-7-11-16-12-14(8-9-15(18)19-3)17(13-16)10-5-2;/h12-13H,4-11H2,1-3H3;1H/q+1;/p-1. The molecule has 0 aliphatic heterocycles. The van der Waals surface area contributed by atoms with Crippen LogP contribution in [-0.2, 0) is 29.0 Å². The Morgan fingerprint density at radius 2 is 2.05 bits per heavy atom. The van der Waals surface area contributed by atoms with E-state index in [4.69, 9.17) is 4.74 Å². The molecule has 0 unspecified atom stereocenters. The van der Waals surface area contributed by atoms with Gasteiger partial charge in [0.05, 0.1) is 26.6 Å². The van der Waals surface area contributed by atoms with Gasteiger partial charge in [0.1, 0.15) is 11.9 Å². The lowest BCUT2D eigenvalue weighted by atomic mass is 10.2. The third-order valence-corrected chi connectivity index (χ3v) is 3.27. The van der Waals surface area contributed by atoms with E-state index in [0.717, 1.165) is 25.9 Å². The molecule has 0 amide bonds. The maximum Gasteiger partial charge on any atom is 0.305 e. The lowest BCUT2D eigenvalue weighted by Crippen LogP contribution is -3.00. The van der Waals surface area contributed by atoms with Crippen LogP contribution >= 0.6 is 0 Å². The monoisotopic (exact) mass is 394 g/mol. The van der Waals surface area contributed by atoms with E-state index in [9.17, 15) is 4.79 Å². The minimum atomic E-state index is -0.137. The van der Waals surface area contributed by atoms with Crippen molar-refractivity contribution in [3.63, 3.8) is 0 Å². The van der Waals surface area contributed by atoms with Gasteiger partial charge >= 0.3 is 5.97 Å². The van der Waals surface area contributed by atoms with Crippen LogP contribution in [0.1, 0.15) is 51.6 Å². The average Bonchev–Trinajstić information content (AvgIpc) is 2.79. The molecule has 0 aliphatic rings. The van der Waals surface area contributed by atoms with Gasteiger partial charge in [-0.15, -0.1) is 0 Å². The molecule has 0 saturated heterocycles. The number of carbonyl (C=O) groups is 1. The number of rotatable bonds is 9. The number of nitrogens with zero attached hydrogens (tertiary/aromatic N) is 2. The van der Waals surface area contributed by atoms with E-state index in [-0.39, 0.29) is 29.9 Å². The summed E-state index contributed by atoms with van der Waals surface area (Å²) in [7, 11) is 1.44. The summed E-state index contributed by atoms with van der Waals surface area (Å²) in [6.07, 6.45) is 10.4. The fourth-order valence-corrected chi connectivity index (χ4v) is 2.20. The summed E-state index contributed by atoms with van der Waals surface area (Å²) in [5.74, 6) is -0.137. The molecule has 0 N–H and O–H groups in total. The summed E-state index contributed by atoms with van der Waals surface area (Å²) < 4.78 is 9.21. The maximum absolute atomic E-state index is 11.2. The zero-order valence-corrected chi connectivity index (χ0v) is 15.1. The first-order chi connectivity index (χ1) is 9.21. The fourth-order valence-electron chi connectivity index (χ4n) is 2.20. The predicted octanol–water partition coefficient (Wildman–Crippen LogP) is -0.515. The van der Waals surface area contributed by atoms with Crippen LogP contribution < -0.4 is 28.5 Å². The van der Waals surface area contributed by atoms with E-state index in [1.165, 1.54) is 32.1 Å². The van der Waals surface area contributed by atoms with E-state index in [2.05, 4.69) is 35.5 Å². The van der Waals surface area contributed by atoms with E-state index in [1.807, 2.05) is 0 Å². The summed E-state index contributed by atoms with van der Waals surface area (Å²) in [5, 5.41) is 0. The molecule has 1 aromatic rings. The Labute approximate surface area is 139 Å². The van der Waals surface area contributed by atoms with Gasteiger partial charge in [0.15, 0.2) is 0 Å². The average molecular weight is 394 g/mol. The van der Waals surface area contributed by atoms with Crippen LogP contribution in [0.25, 0.3) is 0 Å². The molecule has 0 bridgehead atoms. The molecule has 5 heteroatoms. The number of aromatic nitrogens is 2. The van der Waals surface area contributed by atoms with Crippen molar-refractivity contribution < 1.29 is 38.1 Å². The van der Waals surface area contributed by atoms with E-state index in [0.29, 0.717) is 6.42 Å². The zero-order chi connectivity index (χ0) is 14.1. The molecular formula is C15H27IN2O2. The molecule has 0 atom stereocenters. The molecule has 0 aromatic carbocycles. The predicted molar refractivity (Wildman–Crippen MR) is 74.8 cm³/mol. The van der Waals surface area contributed by atoms with Crippen LogP contribution in [0, 0.1) is 0 Å². The van der Waals surface area contributed by atoms with Crippen molar-refractivity contribution in [2.75, 3.05) is 7.11 Å². The lowest BCUT2D eigenvalue weighted by Gasteiger charge is -1.99. The number of carbonyl (C=O) groups excluding carboxylic acids is 1. The highest BCUT2D eigenvalue weighted by atomic mass is 127. The number of esters is 1. The molecule has 1 rings (SSSR count).